The van der Waals surface area contributed by atoms with Gasteiger partial charge in [-0.15, -0.1) is 0 Å². The molecule has 0 aromatic heterocycles. The topological polar surface area (TPSA) is 92.4 Å². The molecule has 0 saturated heterocycles. The Morgan fingerprint density at radius 3 is 2.58 bits per heavy atom. The first-order valence-electron chi connectivity index (χ1n) is 5.90. The number of carbonyl (C=O) groups is 2. The number of rotatable bonds is 5. The summed E-state index contributed by atoms with van der Waals surface area (Å²) in [6.45, 7) is 3.85. The molecular formula is C13H17FN2O3. The van der Waals surface area contributed by atoms with Crippen molar-refractivity contribution in [2.75, 3.05) is 5.32 Å². The number of aromatic carboxylic acids is 1. The van der Waals surface area contributed by atoms with E-state index in [2.05, 4.69) is 5.32 Å². The van der Waals surface area contributed by atoms with Gasteiger partial charge in [0.15, 0.2) is 0 Å². The molecule has 0 aliphatic heterocycles. The van der Waals surface area contributed by atoms with Crippen LogP contribution in [-0.4, -0.2) is 23.0 Å². The van der Waals surface area contributed by atoms with Crippen molar-refractivity contribution >= 4 is 17.6 Å². The molecule has 0 aliphatic carbocycles. The predicted molar refractivity (Wildman–Crippen MR) is 69.4 cm³/mol. The minimum Gasteiger partial charge on any atom is -0.478 e. The lowest BCUT2D eigenvalue weighted by atomic mass is 10.0. The Morgan fingerprint density at radius 1 is 1.42 bits per heavy atom. The first-order chi connectivity index (χ1) is 8.81. The van der Waals surface area contributed by atoms with Crippen molar-refractivity contribution in [3.63, 3.8) is 0 Å². The molecule has 6 heteroatoms. The lowest BCUT2D eigenvalue weighted by molar-refractivity contribution is -0.117. The van der Waals surface area contributed by atoms with Gasteiger partial charge in [0, 0.05) is 0 Å². The molecule has 0 saturated carbocycles. The Bertz CT molecular complexity index is 489. The van der Waals surface area contributed by atoms with Gasteiger partial charge in [-0.3, -0.25) is 4.79 Å². The number of halogens is 1. The summed E-state index contributed by atoms with van der Waals surface area (Å²) < 4.78 is 13.0. The minimum absolute atomic E-state index is 0.0399. The van der Waals surface area contributed by atoms with E-state index in [0.717, 1.165) is 12.1 Å². The van der Waals surface area contributed by atoms with E-state index < -0.39 is 23.7 Å². The van der Waals surface area contributed by atoms with Crippen molar-refractivity contribution in [1.82, 2.24) is 0 Å². The second kappa shape index (κ2) is 6.29. The molecular weight excluding hydrogens is 251 g/mol. The van der Waals surface area contributed by atoms with E-state index in [-0.39, 0.29) is 17.2 Å². The molecule has 1 aromatic rings. The molecule has 4 N–H and O–H groups in total. The lowest BCUT2D eigenvalue weighted by Crippen LogP contribution is -2.37. The maximum atomic E-state index is 13.0. The van der Waals surface area contributed by atoms with Crippen molar-refractivity contribution in [3.8, 4) is 0 Å². The van der Waals surface area contributed by atoms with Crippen molar-refractivity contribution in [2.45, 2.75) is 26.3 Å². The summed E-state index contributed by atoms with van der Waals surface area (Å²) in [5.41, 5.74) is 5.43. The lowest BCUT2D eigenvalue weighted by Gasteiger charge is -2.15. The molecule has 0 fully saturated rings. The number of hydrogen-bond donors (Lipinski definition) is 3. The van der Waals surface area contributed by atoms with Crippen LogP contribution in [0.4, 0.5) is 10.1 Å². The smallest absolute Gasteiger partial charge is 0.337 e. The van der Waals surface area contributed by atoms with Crippen LogP contribution in [0.5, 0.6) is 0 Å². The molecule has 0 radical (unpaired) electrons. The second-order valence-corrected chi connectivity index (χ2v) is 4.72. The van der Waals surface area contributed by atoms with Gasteiger partial charge < -0.3 is 16.2 Å². The molecule has 0 heterocycles. The Labute approximate surface area is 110 Å². The summed E-state index contributed by atoms with van der Waals surface area (Å²) in [5.74, 6) is -2.23. The number of carbonyl (C=O) groups excluding carboxylic acids is 1. The van der Waals surface area contributed by atoms with Crippen molar-refractivity contribution in [3.05, 3.63) is 29.6 Å². The van der Waals surface area contributed by atoms with Gasteiger partial charge in [-0.1, -0.05) is 13.8 Å². The first-order valence-corrected chi connectivity index (χ1v) is 5.90. The van der Waals surface area contributed by atoms with Gasteiger partial charge in [0.25, 0.3) is 0 Å². The van der Waals surface area contributed by atoms with Crippen molar-refractivity contribution < 1.29 is 19.1 Å². The molecule has 104 valence electrons. The SMILES string of the molecule is CC(C)C[C@@H](N)C(=O)Nc1ccc(F)cc1C(=O)O. The minimum atomic E-state index is -1.31. The van der Waals surface area contributed by atoms with Gasteiger partial charge in [0.1, 0.15) is 5.82 Å². The largest absolute Gasteiger partial charge is 0.478 e. The summed E-state index contributed by atoms with van der Waals surface area (Å²) >= 11 is 0. The van der Waals surface area contributed by atoms with Crippen LogP contribution in [0.1, 0.15) is 30.6 Å². The average Bonchev–Trinajstić information content (AvgIpc) is 2.30. The molecule has 5 nitrogen and oxygen atoms in total. The maximum Gasteiger partial charge on any atom is 0.337 e. The quantitative estimate of drug-likeness (QED) is 0.759. The van der Waals surface area contributed by atoms with Gasteiger partial charge in [-0.05, 0) is 30.5 Å². The fourth-order valence-corrected chi connectivity index (χ4v) is 1.64. The number of hydrogen-bond acceptors (Lipinski definition) is 3. The highest BCUT2D eigenvalue weighted by Gasteiger charge is 2.18. The number of amides is 1. The highest BCUT2D eigenvalue weighted by atomic mass is 19.1. The van der Waals surface area contributed by atoms with E-state index in [1.54, 1.807) is 0 Å². The molecule has 1 aromatic carbocycles. The fraction of sp³-hybridized carbons (Fsp3) is 0.385. The van der Waals surface area contributed by atoms with Crippen LogP contribution in [0.15, 0.2) is 18.2 Å². The number of anilines is 1. The van der Waals surface area contributed by atoms with Crippen LogP contribution in [0, 0.1) is 11.7 Å². The van der Waals surface area contributed by atoms with Crippen LogP contribution < -0.4 is 11.1 Å². The Morgan fingerprint density at radius 2 is 2.05 bits per heavy atom. The third-order valence-corrected chi connectivity index (χ3v) is 2.53. The van der Waals surface area contributed by atoms with Crippen molar-refractivity contribution in [2.24, 2.45) is 11.7 Å². The summed E-state index contributed by atoms with van der Waals surface area (Å²) in [6, 6.07) is 2.41. The normalized spacial score (nSPS) is 12.3. The standard InChI is InChI=1S/C13H17FN2O3/c1-7(2)5-10(15)12(17)16-11-4-3-8(14)6-9(11)13(18)19/h3-4,6-7,10H,5,15H2,1-2H3,(H,16,17)(H,18,19)/t10-/m1/s1. The van der Waals surface area contributed by atoms with Gasteiger partial charge in [0.2, 0.25) is 5.91 Å². The number of nitrogens with two attached hydrogens (primary N) is 1. The predicted octanol–water partition coefficient (Wildman–Crippen LogP) is 1.84. The van der Waals surface area contributed by atoms with Crippen LogP contribution in [0.25, 0.3) is 0 Å². The van der Waals surface area contributed by atoms with E-state index in [1.807, 2.05) is 13.8 Å². The molecule has 0 aliphatic rings. The summed E-state index contributed by atoms with van der Waals surface area (Å²) in [4.78, 5) is 22.7. The monoisotopic (exact) mass is 268 g/mol. The summed E-state index contributed by atoms with van der Waals surface area (Å²) in [6.07, 6.45) is 0.482. The molecule has 0 unspecified atom stereocenters. The third-order valence-electron chi connectivity index (χ3n) is 2.53. The fourth-order valence-electron chi connectivity index (χ4n) is 1.64. The molecule has 1 amide bonds. The zero-order valence-corrected chi connectivity index (χ0v) is 10.8. The van der Waals surface area contributed by atoms with Crippen LogP contribution in [0.2, 0.25) is 0 Å². The summed E-state index contributed by atoms with van der Waals surface area (Å²) in [5, 5.41) is 11.4. The molecule has 1 rings (SSSR count). The van der Waals surface area contributed by atoms with E-state index in [0.29, 0.717) is 6.42 Å². The summed E-state index contributed by atoms with van der Waals surface area (Å²) in [7, 11) is 0. The number of nitrogens with one attached hydrogen (secondary N) is 1. The highest BCUT2D eigenvalue weighted by Crippen LogP contribution is 2.17. The van der Waals surface area contributed by atoms with Crippen LogP contribution in [-0.2, 0) is 4.79 Å². The zero-order chi connectivity index (χ0) is 14.6. The molecule has 0 bridgehead atoms. The molecule has 19 heavy (non-hydrogen) atoms. The van der Waals surface area contributed by atoms with E-state index in [4.69, 9.17) is 10.8 Å². The van der Waals surface area contributed by atoms with Crippen LogP contribution >= 0.6 is 0 Å². The van der Waals surface area contributed by atoms with Gasteiger partial charge in [0.05, 0.1) is 17.3 Å². The van der Waals surface area contributed by atoms with Gasteiger partial charge >= 0.3 is 5.97 Å². The van der Waals surface area contributed by atoms with E-state index in [1.165, 1.54) is 6.07 Å². The number of carboxylic acids is 1. The molecule has 1 atom stereocenters. The Balaban J connectivity index is 2.87. The van der Waals surface area contributed by atoms with Gasteiger partial charge in [-0.2, -0.15) is 0 Å². The zero-order valence-electron chi connectivity index (χ0n) is 10.8. The first kappa shape index (κ1) is 15.1. The number of benzene rings is 1. The third kappa shape index (κ3) is 4.33. The number of carboxylic acid groups (broad SMARTS) is 1. The van der Waals surface area contributed by atoms with Crippen LogP contribution in [0.3, 0.4) is 0 Å². The Kier molecular flexibility index (Phi) is 5.00. The highest BCUT2D eigenvalue weighted by molar-refractivity contribution is 6.02. The van der Waals surface area contributed by atoms with Crippen molar-refractivity contribution in [1.29, 1.82) is 0 Å². The second-order valence-electron chi connectivity index (χ2n) is 4.72. The maximum absolute atomic E-state index is 13.0. The average molecular weight is 268 g/mol. The van der Waals surface area contributed by atoms with E-state index >= 15 is 0 Å². The Hall–Kier alpha value is -1.95. The van der Waals surface area contributed by atoms with E-state index in [9.17, 15) is 14.0 Å². The van der Waals surface area contributed by atoms with Gasteiger partial charge in [-0.25, -0.2) is 9.18 Å². The molecule has 0 spiro atoms.